The monoisotopic (exact) mass is 173 g/mol. The minimum Gasteiger partial charge on any atom is -0.464 e. The summed E-state index contributed by atoms with van der Waals surface area (Å²) in [5.41, 5.74) is 0.0888. The third-order valence-electron chi connectivity index (χ3n) is 1.22. The molecule has 6 heteroatoms. The second-order valence-corrected chi connectivity index (χ2v) is 2.01. The molecule has 0 fully saturated rings. The normalized spacial score (nSPS) is 9.83. The van der Waals surface area contributed by atoms with Crippen molar-refractivity contribution in [3.05, 3.63) is 11.9 Å². The molecular weight excluding hydrogens is 165 g/mol. The molecule has 66 valence electrons. The van der Waals surface area contributed by atoms with Crippen molar-refractivity contribution in [2.45, 2.75) is 6.54 Å². The lowest BCUT2D eigenvalue weighted by Crippen LogP contribution is -2.06. The van der Waals surface area contributed by atoms with E-state index >= 15 is 0 Å². The highest BCUT2D eigenvalue weighted by Crippen LogP contribution is 1.93. The summed E-state index contributed by atoms with van der Waals surface area (Å²) in [7, 11) is 1.25. The Kier molecular flexibility index (Phi) is 2.73. The quantitative estimate of drug-likeness (QED) is 0.605. The summed E-state index contributed by atoms with van der Waals surface area (Å²) in [4.78, 5) is 11.9. The Bertz CT molecular complexity index is 274. The first kappa shape index (κ1) is 8.63. The molecule has 0 aliphatic heterocycles. The highest BCUT2D eigenvalue weighted by atomic mass is 19.1. The van der Waals surface area contributed by atoms with Gasteiger partial charge in [-0.2, -0.15) is 9.90 Å². The van der Waals surface area contributed by atoms with Gasteiger partial charge in [-0.25, -0.2) is 9.18 Å². The van der Waals surface area contributed by atoms with Crippen LogP contribution in [0.15, 0.2) is 6.20 Å². The number of aromatic nitrogens is 3. The minimum atomic E-state index is -0.569. The van der Waals surface area contributed by atoms with Crippen molar-refractivity contribution >= 4 is 5.97 Å². The van der Waals surface area contributed by atoms with Gasteiger partial charge in [0.2, 0.25) is 0 Å². The Morgan fingerprint density at radius 3 is 3.17 bits per heavy atom. The third-order valence-corrected chi connectivity index (χ3v) is 1.22. The maximum atomic E-state index is 11.8. The van der Waals surface area contributed by atoms with E-state index in [0.717, 1.165) is 4.80 Å². The number of halogens is 1. The molecule has 0 radical (unpaired) electrons. The van der Waals surface area contributed by atoms with Crippen LogP contribution in [-0.4, -0.2) is 34.7 Å². The van der Waals surface area contributed by atoms with Gasteiger partial charge in [0.1, 0.15) is 6.67 Å². The molecule has 1 rings (SSSR count). The molecule has 12 heavy (non-hydrogen) atoms. The molecule has 1 aromatic heterocycles. The van der Waals surface area contributed by atoms with E-state index in [1.165, 1.54) is 13.3 Å². The van der Waals surface area contributed by atoms with Crippen molar-refractivity contribution in [1.29, 1.82) is 0 Å². The number of esters is 1. The number of alkyl halides is 1. The number of rotatable bonds is 3. The molecule has 0 amide bonds. The van der Waals surface area contributed by atoms with Crippen LogP contribution in [0.1, 0.15) is 10.5 Å². The fraction of sp³-hybridized carbons (Fsp3) is 0.500. The molecule has 0 unspecified atom stereocenters. The average molecular weight is 173 g/mol. The maximum absolute atomic E-state index is 11.8. The zero-order valence-electron chi connectivity index (χ0n) is 6.53. The van der Waals surface area contributed by atoms with Crippen LogP contribution in [0.25, 0.3) is 0 Å². The van der Waals surface area contributed by atoms with E-state index in [2.05, 4.69) is 14.9 Å². The second kappa shape index (κ2) is 3.80. The van der Waals surface area contributed by atoms with E-state index in [1.54, 1.807) is 0 Å². The summed E-state index contributed by atoms with van der Waals surface area (Å²) in [6.45, 7) is -0.508. The lowest BCUT2D eigenvalue weighted by atomic mass is 10.5. The van der Waals surface area contributed by atoms with Crippen LogP contribution in [0.2, 0.25) is 0 Å². The maximum Gasteiger partial charge on any atom is 0.360 e. The van der Waals surface area contributed by atoms with Crippen LogP contribution in [-0.2, 0) is 11.3 Å². The van der Waals surface area contributed by atoms with Gasteiger partial charge in [0.15, 0.2) is 5.69 Å². The first-order valence-electron chi connectivity index (χ1n) is 3.32. The molecule has 0 N–H and O–H groups in total. The van der Waals surface area contributed by atoms with E-state index < -0.39 is 12.6 Å². The lowest BCUT2D eigenvalue weighted by Gasteiger charge is -1.92. The molecule has 0 aromatic carbocycles. The molecule has 5 nitrogen and oxygen atoms in total. The predicted octanol–water partition coefficient (Wildman–Crippen LogP) is 0.0342. The van der Waals surface area contributed by atoms with Crippen LogP contribution in [0.3, 0.4) is 0 Å². The van der Waals surface area contributed by atoms with Gasteiger partial charge < -0.3 is 4.74 Å². The zero-order valence-corrected chi connectivity index (χ0v) is 6.53. The Balaban J connectivity index is 2.70. The molecule has 0 aliphatic carbocycles. The van der Waals surface area contributed by atoms with Crippen molar-refractivity contribution < 1.29 is 13.9 Å². The standard InChI is InChI=1S/C6H8FN3O2/c1-12-6(11)5-4-8-10(9-5)3-2-7/h4H,2-3H2,1H3. The van der Waals surface area contributed by atoms with E-state index in [-0.39, 0.29) is 12.2 Å². The third kappa shape index (κ3) is 1.77. The summed E-state index contributed by atoms with van der Waals surface area (Å²) in [6.07, 6.45) is 1.24. The van der Waals surface area contributed by atoms with Gasteiger partial charge in [0.25, 0.3) is 0 Å². The Hall–Kier alpha value is -1.46. The summed E-state index contributed by atoms with van der Waals surface area (Å²) >= 11 is 0. The second-order valence-electron chi connectivity index (χ2n) is 2.01. The highest BCUT2D eigenvalue weighted by molar-refractivity contribution is 5.86. The molecule has 0 saturated carbocycles. The van der Waals surface area contributed by atoms with Crippen LogP contribution < -0.4 is 0 Å². The van der Waals surface area contributed by atoms with Crippen molar-refractivity contribution in [3.8, 4) is 0 Å². The lowest BCUT2D eigenvalue weighted by molar-refractivity contribution is 0.0593. The van der Waals surface area contributed by atoms with Crippen molar-refractivity contribution in [2.75, 3.05) is 13.8 Å². The van der Waals surface area contributed by atoms with Crippen molar-refractivity contribution in [1.82, 2.24) is 15.0 Å². The molecule has 1 aromatic rings. The summed E-state index contributed by atoms with van der Waals surface area (Å²) in [5.74, 6) is -0.569. The Labute approximate surface area is 68.1 Å². The fourth-order valence-corrected chi connectivity index (χ4v) is 0.679. The largest absolute Gasteiger partial charge is 0.464 e. The van der Waals surface area contributed by atoms with Crippen LogP contribution >= 0.6 is 0 Å². The number of hydrogen-bond donors (Lipinski definition) is 0. The number of hydrogen-bond acceptors (Lipinski definition) is 4. The molecule has 1 heterocycles. The summed E-state index contributed by atoms with van der Waals surface area (Å²) in [6, 6.07) is 0. The van der Waals surface area contributed by atoms with Crippen LogP contribution in [0.4, 0.5) is 4.39 Å². The number of aryl methyl sites for hydroxylation is 1. The van der Waals surface area contributed by atoms with Crippen LogP contribution in [0.5, 0.6) is 0 Å². The number of carbonyl (C=O) groups excluding carboxylic acids is 1. The Morgan fingerprint density at radius 1 is 1.83 bits per heavy atom. The van der Waals surface area contributed by atoms with Gasteiger partial charge in [0, 0.05) is 0 Å². The molecular formula is C6H8FN3O2. The van der Waals surface area contributed by atoms with Crippen molar-refractivity contribution in [3.63, 3.8) is 0 Å². The fourth-order valence-electron chi connectivity index (χ4n) is 0.679. The van der Waals surface area contributed by atoms with E-state index in [4.69, 9.17) is 0 Å². The Morgan fingerprint density at radius 2 is 2.58 bits per heavy atom. The molecule has 0 bridgehead atoms. The van der Waals surface area contributed by atoms with Gasteiger partial charge in [-0.05, 0) is 0 Å². The molecule has 0 spiro atoms. The summed E-state index contributed by atoms with van der Waals surface area (Å²) in [5, 5.41) is 7.30. The number of nitrogens with zero attached hydrogens (tertiary/aromatic N) is 3. The van der Waals surface area contributed by atoms with Gasteiger partial charge in [-0.15, -0.1) is 5.10 Å². The first-order chi connectivity index (χ1) is 5.77. The topological polar surface area (TPSA) is 57.0 Å². The highest BCUT2D eigenvalue weighted by Gasteiger charge is 2.09. The number of ether oxygens (including phenoxy) is 1. The van der Waals surface area contributed by atoms with E-state index in [9.17, 15) is 9.18 Å². The van der Waals surface area contributed by atoms with Gasteiger partial charge in [-0.1, -0.05) is 0 Å². The van der Waals surface area contributed by atoms with E-state index in [0.29, 0.717) is 0 Å². The molecule has 0 aliphatic rings. The van der Waals surface area contributed by atoms with Gasteiger partial charge >= 0.3 is 5.97 Å². The zero-order chi connectivity index (χ0) is 8.97. The SMILES string of the molecule is COC(=O)c1cnn(CCF)n1. The number of carbonyl (C=O) groups is 1. The summed E-state index contributed by atoms with van der Waals surface area (Å²) < 4.78 is 16.1. The minimum absolute atomic E-state index is 0.0526. The van der Waals surface area contributed by atoms with Crippen molar-refractivity contribution in [2.24, 2.45) is 0 Å². The van der Waals surface area contributed by atoms with Crippen LogP contribution in [0, 0.1) is 0 Å². The van der Waals surface area contributed by atoms with E-state index in [1.807, 2.05) is 0 Å². The first-order valence-corrected chi connectivity index (χ1v) is 3.32. The number of methoxy groups -OCH3 is 1. The molecule has 0 saturated heterocycles. The smallest absolute Gasteiger partial charge is 0.360 e. The average Bonchev–Trinajstić information content (AvgIpc) is 2.52. The van der Waals surface area contributed by atoms with Gasteiger partial charge in [0.05, 0.1) is 19.9 Å². The van der Waals surface area contributed by atoms with Gasteiger partial charge in [-0.3, -0.25) is 0 Å². The molecule has 0 atom stereocenters. The predicted molar refractivity (Wildman–Crippen MR) is 37.3 cm³/mol.